The maximum Gasteiger partial charge on any atom is 0.179 e. The van der Waals surface area contributed by atoms with Crippen molar-refractivity contribution in [1.82, 2.24) is 9.99 Å². The van der Waals surface area contributed by atoms with E-state index in [2.05, 4.69) is 20.8 Å². The van der Waals surface area contributed by atoms with Crippen LogP contribution in [0.2, 0.25) is 0 Å². The first kappa shape index (κ1) is 31.1. The molecule has 10 heteroatoms. The molecule has 0 spiro atoms. The van der Waals surface area contributed by atoms with Crippen molar-refractivity contribution in [3.05, 3.63) is 83.5 Å². The van der Waals surface area contributed by atoms with Crippen molar-refractivity contribution < 1.29 is 24.1 Å². The summed E-state index contributed by atoms with van der Waals surface area (Å²) in [6.07, 6.45) is 13.5. The van der Waals surface area contributed by atoms with Crippen LogP contribution in [0, 0.1) is 0 Å². The van der Waals surface area contributed by atoms with Gasteiger partial charge in [0.1, 0.15) is 49.1 Å². The highest BCUT2D eigenvalue weighted by Crippen LogP contribution is 2.39. The third kappa shape index (κ3) is 8.79. The van der Waals surface area contributed by atoms with Gasteiger partial charge in [0.2, 0.25) is 0 Å². The number of methoxy groups -OCH3 is 1. The summed E-state index contributed by atoms with van der Waals surface area (Å²) >= 11 is 0. The van der Waals surface area contributed by atoms with Crippen molar-refractivity contribution in [2.75, 3.05) is 32.3 Å². The van der Waals surface area contributed by atoms with Crippen molar-refractivity contribution in [1.29, 1.82) is 0 Å². The predicted molar refractivity (Wildman–Crippen MR) is 163 cm³/mol. The number of allylic oxidation sites excluding steroid dienone is 6. The number of fused-ring (bicyclic) bond motifs is 1. The number of rotatable bonds is 15. The molecule has 2 heterocycles. The van der Waals surface area contributed by atoms with Crippen LogP contribution in [0.4, 0.5) is 11.5 Å². The number of carbonyl (C=O) groups is 1. The lowest BCUT2D eigenvalue weighted by Crippen LogP contribution is -2.24. The predicted octanol–water partition coefficient (Wildman–Crippen LogP) is 5.11. The Kier molecular flexibility index (Phi) is 12.1. The van der Waals surface area contributed by atoms with Crippen LogP contribution in [0.3, 0.4) is 0 Å². The molecule has 1 aromatic carbocycles. The Morgan fingerprint density at radius 2 is 1.98 bits per heavy atom. The van der Waals surface area contributed by atoms with E-state index >= 15 is 0 Å². The number of ether oxygens (including phenoxy) is 3. The van der Waals surface area contributed by atoms with Gasteiger partial charge in [-0.15, -0.1) is 0 Å². The number of aliphatic hydroxyl groups is 1. The molecule has 218 valence electrons. The first-order valence-electron chi connectivity index (χ1n) is 13.4. The molecule has 0 radical (unpaired) electrons. The number of aliphatic hydroxyl groups excluding tert-OH is 1. The molecule has 1 aliphatic heterocycles. The number of ketones is 1. The van der Waals surface area contributed by atoms with Crippen LogP contribution in [0.15, 0.2) is 82.2 Å². The van der Waals surface area contributed by atoms with Crippen LogP contribution < -0.4 is 15.6 Å². The minimum Gasteiger partial charge on any atom is -0.490 e. The molecule has 0 saturated heterocycles. The van der Waals surface area contributed by atoms with Crippen LogP contribution >= 0.6 is 0 Å². The molecule has 1 aliphatic rings. The molecule has 3 N–H and O–H groups in total. The summed E-state index contributed by atoms with van der Waals surface area (Å²) in [4.78, 5) is 20.1. The molecule has 0 unspecified atom stereocenters. The monoisotopic (exact) mass is 561 g/mol. The van der Waals surface area contributed by atoms with Gasteiger partial charge in [-0.25, -0.2) is 4.99 Å². The maximum atomic E-state index is 11.5. The summed E-state index contributed by atoms with van der Waals surface area (Å²) in [7, 11) is 1.49. The van der Waals surface area contributed by atoms with Crippen LogP contribution in [-0.2, 0) is 27.3 Å². The molecular weight excluding hydrogens is 522 g/mol. The maximum absolute atomic E-state index is 11.5. The van der Waals surface area contributed by atoms with Gasteiger partial charge in [-0.3, -0.25) is 25.2 Å². The molecule has 0 amide bonds. The van der Waals surface area contributed by atoms with E-state index in [-0.39, 0.29) is 25.5 Å². The van der Waals surface area contributed by atoms with Crippen molar-refractivity contribution in [3.8, 4) is 11.4 Å². The van der Waals surface area contributed by atoms with Crippen molar-refractivity contribution in [2.45, 2.75) is 40.7 Å². The van der Waals surface area contributed by atoms with Gasteiger partial charge in [0.25, 0.3) is 0 Å². The van der Waals surface area contributed by atoms with Gasteiger partial charge in [-0.1, -0.05) is 19.1 Å². The van der Waals surface area contributed by atoms with E-state index in [0.717, 1.165) is 40.6 Å². The van der Waals surface area contributed by atoms with Crippen molar-refractivity contribution >= 4 is 29.3 Å². The number of hydrazine groups is 1. The second kappa shape index (κ2) is 16.0. The second-order valence-corrected chi connectivity index (χ2v) is 9.07. The number of nitrogens with zero attached hydrogens (tertiary/aromatic N) is 3. The molecule has 2 aromatic rings. The number of aliphatic imine (C=N–C) groups is 2. The van der Waals surface area contributed by atoms with Gasteiger partial charge in [0, 0.05) is 30.1 Å². The lowest BCUT2D eigenvalue weighted by molar-refractivity contribution is -0.121. The molecule has 10 nitrogen and oxygen atoms in total. The second-order valence-electron chi connectivity index (χ2n) is 9.07. The van der Waals surface area contributed by atoms with Gasteiger partial charge in [0.15, 0.2) is 11.6 Å². The van der Waals surface area contributed by atoms with Gasteiger partial charge >= 0.3 is 0 Å². The van der Waals surface area contributed by atoms with Crippen molar-refractivity contribution in [2.24, 2.45) is 9.98 Å². The van der Waals surface area contributed by atoms with Crippen LogP contribution in [-0.4, -0.2) is 54.4 Å². The molecule has 0 bridgehead atoms. The number of hydrogen-bond donors (Lipinski definition) is 3. The smallest absolute Gasteiger partial charge is 0.179 e. The molecule has 0 aliphatic carbocycles. The SMILES string of the molecule is CC=C(C=C(C)Oc1ccc(-n2c(CO)c(CC)c3c2NNC=N3)cc1)OC/C=C/C=C\C(C)=NCC(=O)COC. The summed E-state index contributed by atoms with van der Waals surface area (Å²) in [6.45, 7) is 8.12. The summed E-state index contributed by atoms with van der Waals surface area (Å²) in [5.41, 5.74) is 10.3. The summed E-state index contributed by atoms with van der Waals surface area (Å²) < 4.78 is 18.6. The third-order valence-electron chi connectivity index (χ3n) is 6.05. The molecular formula is C31H39N5O5. The molecule has 3 rings (SSSR count). The number of hydrogen-bond acceptors (Lipinski definition) is 9. The minimum atomic E-state index is -0.101. The van der Waals surface area contributed by atoms with E-state index in [1.807, 2.05) is 93.0 Å². The zero-order valence-corrected chi connectivity index (χ0v) is 24.3. The fraction of sp³-hybridized carbons (Fsp3) is 0.323. The Balaban J connectivity index is 1.57. The van der Waals surface area contributed by atoms with Gasteiger partial charge in [-0.05, 0) is 69.7 Å². The highest BCUT2D eigenvalue weighted by molar-refractivity contribution is 5.95. The van der Waals surface area contributed by atoms with E-state index in [1.54, 1.807) is 6.34 Å². The van der Waals surface area contributed by atoms with E-state index < -0.39 is 0 Å². The Morgan fingerprint density at radius 1 is 1.20 bits per heavy atom. The van der Waals surface area contributed by atoms with E-state index in [1.165, 1.54) is 7.11 Å². The first-order valence-corrected chi connectivity index (χ1v) is 13.4. The quantitative estimate of drug-likeness (QED) is 0.157. The number of benzene rings is 1. The summed E-state index contributed by atoms with van der Waals surface area (Å²) in [6, 6.07) is 7.65. The average Bonchev–Trinajstić information content (AvgIpc) is 3.31. The van der Waals surface area contributed by atoms with E-state index in [0.29, 0.717) is 23.9 Å². The number of Topliss-reactive ketones (excluding diaryl/α,β-unsaturated/α-hetero) is 1. The number of anilines is 1. The van der Waals surface area contributed by atoms with Crippen LogP contribution in [0.5, 0.6) is 5.75 Å². The van der Waals surface area contributed by atoms with E-state index in [9.17, 15) is 9.90 Å². The molecule has 0 saturated carbocycles. The Labute approximate surface area is 241 Å². The van der Waals surface area contributed by atoms with Crippen LogP contribution in [0.25, 0.3) is 5.69 Å². The fourth-order valence-corrected chi connectivity index (χ4v) is 4.16. The largest absolute Gasteiger partial charge is 0.490 e. The number of carbonyl (C=O) groups excluding carboxylic acids is 1. The Hall–Kier alpha value is -4.41. The molecule has 1 aromatic heterocycles. The first-order chi connectivity index (χ1) is 19.9. The molecule has 0 atom stereocenters. The minimum absolute atomic E-state index is 0.0596. The lowest BCUT2D eigenvalue weighted by atomic mass is 10.1. The van der Waals surface area contributed by atoms with Crippen molar-refractivity contribution in [3.63, 3.8) is 0 Å². The van der Waals surface area contributed by atoms with Crippen LogP contribution in [0.1, 0.15) is 39.0 Å². The molecule has 41 heavy (non-hydrogen) atoms. The summed E-state index contributed by atoms with van der Waals surface area (Å²) in [5.74, 6) is 2.76. The fourth-order valence-electron chi connectivity index (χ4n) is 4.16. The third-order valence-corrected chi connectivity index (χ3v) is 6.05. The summed E-state index contributed by atoms with van der Waals surface area (Å²) in [5, 5.41) is 10.1. The van der Waals surface area contributed by atoms with Gasteiger partial charge < -0.3 is 19.3 Å². The van der Waals surface area contributed by atoms with E-state index in [4.69, 9.17) is 14.2 Å². The zero-order chi connectivity index (χ0) is 29.6. The highest BCUT2D eigenvalue weighted by atomic mass is 16.5. The normalized spacial score (nSPS) is 13.9. The standard InChI is InChI=1S/C31H39N5O5/c1-6-26(40-16-10-8-9-11-22(3)32-18-25(38)20-39-5)17-23(4)41-27-14-12-24(13-15-27)36-29(19-37)28(7-2)30-31(36)35-34-21-33-30/h6,8-15,17,21,35,37H,7,16,18-20H2,1-5H3,(H,33,34)/b10-8+,11-9-,23-17?,26-6?,32-22?. The molecule has 0 fully saturated rings. The average molecular weight is 562 g/mol. The Bertz CT molecular complexity index is 1360. The van der Waals surface area contributed by atoms with Gasteiger partial charge in [0.05, 0.1) is 12.3 Å². The number of nitrogens with one attached hydrogen (secondary N) is 2. The topological polar surface area (TPSA) is 119 Å². The highest BCUT2D eigenvalue weighted by Gasteiger charge is 2.23. The lowest BCUT2D eigenvalue weighted by Gasteiger charge is -2.16. The number of aromatic nitrogens is 1. The zero-order valence-electron chi connectivity index (χ0n) is 24.3. The van der Waals surface area contributed by atoms with Gasteiger partial charge in [-0.2, -0.15) is 0 Å². The Morgan fingerprint density at radius 3 is 2.66 bits per heavy atom.